The van der Waals surface area contributed by atoms with Crippen LogP contribution in [0.5, 0.6) is 0 Å². The van der Waals surface area contributed by atoms with E-state index in [0.29, 0.717) is 17.3 Å². The zero-order valence-corrected chi connectivity index (χ0v) is 13.7. The molecule has 0 bridgehead atoms. The Morgan fingerprint density at radius 2 is 2.27 bits per heavy atom. The van der Waals surface area contributed by atoms with Crippen molar-refractivity contribution in [2.24, 2.45) is 0 Å². The van der Waals surface area contributed by atoms with Crippen LogP contribution in [0.2, 0.25) is 0 Å². The van der Waals surface area contributed by atoms with Gasteiger partial charge in [-0.05, 0) is 0 Å². The number of rotatable bonds is 5. The number of nitriles is 1. The lowest BCUT2D eigenvalue weighted by molar-refractivity contribution is -0.127. The third kappa shape index (κ3) is 4.16. The summed E-state index contributed by atoms with van der Waals surface area (Å²) in [6.07, 6.45) is 1.72. The zero-order chi connectivity index (χ0) is 16.1. The van der Waals surface area contributed by atoms with Gasteiger partial charge in [0.1, 0.15) is 22.5 Å². The second-order valence-corrected chi connectivity index (χ2v) is 6.43. The Labute approximate surface area is 136 Å². The minimum atomic E-state index is 0.0248. The predicted octanol–water partition coefficient (Wildman–Crippen LogP) is 1.31. The number of amides is 1. The van der Waals surface area contributed by atoms with Crippen LogP contribution in [0.15, 0.2) is 16.7 Å². The monoisotopic (exact) mass is 334 g/mol. The van der Waals surface area contributed by atoms with Crippen LogP contribution < -0.4 is 5.73 Å². The van der Waals surface area contributed by atoms with Gasteiger partial charge in [-0.25, -0.2) is 15.0 Å². The highest BCUT2D eigenvalue weighted by Gasteiger charge is 2.10. The van der Waals surface area contributed by atoms with Gasteiger partial charge in [-0.15, -0.1) is 11.3 Å². The first-order valence-corrected chi connectivity index (χ1v) is 8.15. The van der Waals surface area contributed by atoms with E-state index < -0.39 is 0 Å². The topological polar surface area (TPSA) is 109 Å². The van der Waals surface area contributed by atoms with E-state index in [1.54, 1.807) is 19.0 Å². The highest BCUT2D eigenvalue weighted by atomic mass is 32.2. The van der Waals surface area contributed by atoms with E-state index in [4.69, 9.17) is 11.0 Å². The van der Waals surface area contributed by atoms with Crippen molar-refractivity contribution in [1.82, 2.24) is 19.9 Å². The van der Waals surface area contributed by atoms with Crippen LogP contribution >= 0.6 is 23.1 Å². The van der Waals surface area contributed by atoms with Gasteiger partial charge < -0.3 is 10.6 Å². The van der Waals surface area contributed by atoms with Crippen molar-refractivity contribution in [3.05, 3.63) is 27.8 Å². The lowest BCUT2D eigenvalue weighted by Crippen LogP contribution is -2.23. The molecule has 0 radical (unpaired) electrons. The van der Waals surface area contributed by atoms with E-state index in [-0.39, 0.29) is 17.3 Å². The van der Waals surface area contributed by atoms with Gasteiger partial charge in [0.05, 0.1) is 18.3 Å². The summed E-state index contributed by atoms with van der Waals surface area (Å²) in [5.74, 6) is 0.783. The minimum Gasteiger partial charge on any atom is -0.382 e. The summed E-state index contributed by atoms with van der Waals surface area (Å²) in [5.41, 5.74) is 6.78. The normalized spacial score (nSPS) is 10.2. The van der Waals surface area contributed by atoms with E-state index >= 15 is 0 Å². The summed E-state index contributed by atoms with van der Waals surface area (Å²) in [4.78, 5) is 25.7. The fourth-order valence-electron chi connectivity index (χ4n) is 1.46. The first-order valence-electron chi connectivity index (χ1n) is 6.28. The number of anilines is 1. The molecule has 114 valence electrons. The number of thiazole rings is 1. The average molecular weight is 334 g/mol. The van der Waals surface area contributed by atoms with Gasteiger partial charge in [-0.1, -0.05) is 11.8 Å². The number of hydrogen-bond donors (Lipinski definition) is 1. The van der Waals surface area contributed by atoms with Crippen molar-refractivity contribution in [2.45, 2.75) is 17.3 Å². The van der Waals surface area contributed by atoms with Gasteiger partial charge in [0.2, 0.25) is 5.91 Å². The molecule has 0 unspecified atom stereocenters. The van der Waals surface area contributed by atoms with E-state index in [9.17, 15) is 4.79 Å². The molecule has 0 aliphatic rings. The first kappa shape index (κ1) is 16.2. The Balaban J connectivity index is 1.95. The molecule has 0 fully saturated rings. The Hall–Kier alpha value is -2.18. The molecular weight excluding hydrogens is 320 g/mol. The highest BCUT2D eigenvalue weighted by Crippen LogP contribution is 2.22. The quantitative estimate of drug-likeness (QED) is 0.648. The Bertz CT molecular complexity index is 722. The number of carbonyl (C=O) groups is 1. The molecule has 2 N–H and O–H groups in total. The fraction of sp³-hybridized carbons (Fsp3) is 0.308. The van der Waals surface area contributed by atoms with Crippen LogP contribution in [0.25, 0.3) is 0 Å². The number of likely N-dealkylation sites (N-methyl/N-ethyl adjacent to an activating group) is 1. The summed E-state index contributed by atoms with van der Waals surface area (Å²) in [7, 11) is 3.44. The van der Waals surface area contributed by atoms with Crippen molar-refractivity contribution in [3.8, 4) is 6.07 Å². The second kappa shape index (κ2) is 7.20. The van der Waals surface area contributed by atoms with E-state index in [2.05, 4.69) is 15.0 Å². The summed E-state index contributed by atoms with van der Waals surface area (Å²) < 4.78 is 0. The maximum Gasteiger partial charge on any atom is 0.228 e. The van der Waals surface area contributed by atoms with Crippen LogP contribution in [0.4, 0.5) is 5.82 Å². The first-order chi connectivity index (χ1) is 10.5. The third-order valence-corrected chi connectivity index (χ3v) is 4.46. The molecule has 2 heterocycles. The number of aromatic nitrogens is 3. The lowest BCUT2D eigenvalue weighted by Gasteiger charge is -2.07. The molecule has 0 saturated carbocycles. The number of nitrogens with zero attached hydrogens (tertiary/aromatic N) is 5. The predicted molar refractivity (Wildman–Crippen MR) is 85.2 cm³/mol. The lowest BCUT2D eigenvalue weighted by atomic mass is 10.3. The number of hydrogen-bond acceptors (Lipinski definition) is 8. The van der Waals surface area contributed by atoms with E-state index in [1.807, 2.05) is 11.4 Å². The Morgan fingerprint density at radius 1 is 1.50 bits per heavy atom. The minimum absolute atomic E-state index is 0.0248. The van der Waals surface area contributed by atoms with Crippen LogP contribution in [0.1, 0.15) is 16.3 Å². The van der Waals surface area contributed by atoms with Crippen molar-refractivity contribution in [1.29, 1.82) is 5.26 Å². The van der Waals surface area contributed by atoms with Gasteiger partial charge in [0.25, 0.3) is 0 Å². The number of carbonyl (C=O) groups excluding carboxylic acids is 1. The SMILES string of the molecule is CN(C)C(=O)Cc1nc(CSc2ncc(C#N)c(N)n2)cs1. The second-order valence-electron chi connectivity index (χ2n) is 4.55. The number of nitrogens with two attached hydrogens (primary N) is 1. The molecule has 9 heteroatoms. The molecular formula is C13H14N6OS2. The molecule has 2 aromatic heterocycles. The zero-order valence-electron chi connectivity index (χ0n) is 12.1. The summed E-state index contributed by atoms with van der Waals surface area (Å²) >= 11 is 2.84. The largest absolute Gasteiger partial charge is 0.382 e. The van der Waals surface area contributed by atoms with Crippen molar-refractivity contribution in [2.75, 3.05) is 19.8 Å². The smallest absolute Gasteiger partial charge is 0.228 e. The molecule has 2 rings (SSSR count). The molecule has 0 aliphatic carbocycles. The van der Waals surface area contributed by atoms with E-state index in [0.717, 1.165) is 10.7 Å². The molecule has 0 aliphatic heterocycles. The molecule has 1 amide bonds. The molecule has 0 saturated heterocycles. The summed E-state index contributed by atoms with van der Waals surface area (Å²) in [6, 6.07) is 1.92. The van der Waals surface area contributed by atoms with Gasteiger partial charge in [-0.3, -0.25) is 4.79 Å². The molecule has 22 heavy (non-hydrogen) atoms. The van der Waals surface area contributed by atoms with Crippen molar-refractivity contribution in [3.63, 3.8) is 0 Å². The van der Waals surface area contributed by atoms with Gasteiger partial charge in [0.15, 0.2) is 5.16 Å². The average Bonchev–Trinajstić information content (AvgIpc) is 2.92. The van der Waals surface area contributed by atoms with Crippen LogP contribution in [0.3, 0.4) is 0 Å². The van der Waals surface area contributed by atoms with Crippen LogP contribution in [-0.4, -0.2) is 39.9 Å². The number of nitrogen functional groups attached to an aromatic ring is 1. The summed E-state index contributed by atoms with van der Waals surface area (Å²) in [5, 5.41) is 12.0. The highest BCUT2D eigenvalue weighted by molar-refractivity contribution is 7.98. The fourth-order valence-corrected chi connectivity index (χ4v) is 3.06. The summed E-state index contributed by atoms with van der Waals surface area (Å²) in [6.45, 7) is 0. The van der Waals surface area contributed by atoms with Crippen LogP contribution in [0, 0.1) is 11.3 Å². The maximum atomic E-state index is 11.6. The molecule has 7 nitrogen and oxygen atoms in total. The Morgan fingerprint density at radius 3 is 2.91 bits per heavy atom. The number of thioether (sulfide) groups is 1. The van der Waals surface area contributed by atoms with Gasteiger partial charge in [0, 0.05) is 25.2 Å². The molecule has 0 atom stereocenters. The standard InChI is InChI=1S/C13H14N6OS2/c1-19(2)11(20)3-10-17-9(6-21-10)7-22-13-16-5-8(4-14)12(15)18-13/h5-6H,3,7H2,1-2H3,(H2,15,16,18). The molecule has 0 spiro atoms. The van der Waals surface area contributed by atoms with Crippen molar-refractivity contribution >= 4 is 34.8 Å². The van der Waals surface area contributed by atoms with Crippen LogP contribution in [-0.2, 0) is 17.0 Å². The maximum absolute atomic E-state index is 11.6. The third-order valence-electron chi connectivity index (χ3n) is 2.67. The van der Waals surface area contributed by atoms with Gasteiger partial charge in [-0.2, -0.15) is 5.26 Å². The van der Waals surface area contributed by atoms with E-state index in [1.165, 1.54) is 29.3 Å². The Kier molecular flexibility index (Phi) is 5.30. The molecule has 0 aromatic carbocycles. The van der Waals surface area contributed by atoms with Gasteiger partial charge >= 0.3 is 0 Å². The molecule has 2 aromatic rings. The van der Waals surface area contributed by atoms with Crippen molar-refractivity contribution < 1.29 is 4.79 Å².